The largest absolute Gasteiger partial charge is 0.461 e. The molecule has 22 nitrogen and oxygen atoms in total. The zero-order valence-corrected chi connectivity index (χ0v) is 56.3. The molecule has 6 saturated heterocycles. The molecule has 97 heavy (non-hydrogen) atoms. The molecule has 6 fully saturated rings. The van der Waals surface area contributed by atoms with Gasteiger partial charge in [-0.1, -0.05) is 76.0 Å². The molecule has 3 atom stereocenters. The third-order valence-electron chi connectivity index (χ3n) is 21.4. The van der Waals surface area contributed by atoms with Gasteiger partial charge in [0.1, 0.15) is 36.1 Å². The molecule has 12 heterocycles. The second-order valence-electron chi connectivity index (χ2n) is 27.4. The molecule has 0 saturated carbocycles. The number of carbonyl (C=O) groups is 2. The predicted octanol–water partition coefficient (Wildman–Crippen LogP) is 11.3. The van der Waals surface area contributed by atoms with Crippen molar-refractivity contribution < 1.29 is 32.5 Å². The van der Waals surface area contributed by atoms with Crippen molar-refractivity contribution in [3.63, 3.8) is 0 Å². The standard InChI is InChI=1S/C72H75Cl2FN16O6/c1-43-77-58(96-83-43)17-19-60(92)88-31-22-49(39-88)86(4)68-52-35-76-65(64(75)66(52)80-70(82-68)94-41-71-24-8-28-90(71)29-9-25-71)51-14-5-13-47-33-48(34-54(74)62(47)51)56-21-27-72(26-10-30-91(56)72)42-95-69-79-55-40-87(57-16-7-12-46-11-6-15-53(73)63(46)57)32-23-50(55)67(81-69)85(3)36-45-37-89(38-45)61(93)20-18-59-78-44(2)84-97-59/h5-7,11-20,33-35,45,49,56H,8-10,21-32,36-42H2,1-4H3/b19-17+,20-18+/t49-,56?,72?/m1/s1. The lowest BCUT2D eigenvalue weighted by molar-refractivity contribution is -0.131. The van der Waals surface area contributed by atoms with E-state index in [2.05, 4.69) is 77.3 Å². The first-order valence-electron chi connectivity index (χ1n) is 33.8. The van der Waals surface area contributed by atoms with Gasteiger partial charge in [-0.05, 0) is 138 Å². The number of nitrogens with zero attached hydrogens (tertiary/aromatic N) is 16. The number of ether oxygens (including phenoxy) is 2. The smallest absolute Gasteiger partial charge is 0.319 e. The molecular formula is C72H75Cl2FN16O6. The van der Waals surface area contributed by atoms with Crippen molar-refractivity contribution in [1.82, 2.24) is 64.8 Å². The lowest BCUT2D eigenvalue weighted by Gasteiger charge is -2.41. The quantitative estimate of drug-likeness (QED) is 0.0729. The van der Waals surface area contributed by atoms with E-state index in [0.717, 1.165) is 122 Å². The number of aryl methyl sites for hydroxylation is 2. The maximum absolute atomic E-state index is 17.9. The van der Waals surface area contributed by atoms with Crippen LogP contribution in [0.5, 0.6) is 12.0 Å². The van der Waals surface area contributed by atoms with Gasteiger partial charge in [0.2, 0.25) is 11.8 Å². The summed E-state index contributed by atoms with van der Waals surface area (Å²) in [7, 11) is 4.00. The number of rotatable bonds is 18. The summed E-state index contributed by atoms with van der Waals surface area (Å²) < 4.78 is 41.8. The van der Waals surface area contributed by atoms with Gasteiger partial charge in [0.25, 0.3) is 11.8 Å². The van der Waals surface area contributed by atoms with E-state index < -0.39 is 5.82 Å². The molecule has 0 radical (unpaired) electrons. The summed E-state index contributed by atoms with van der Waals surface area (Å²) in [6, 6.07) is 22.7. The van der Waals surface area contributed by atoms with E-state index in [0.29, 0.717) is 121 Å². The van der Waals surface area contributed by atoms with E-state index >= 15 is 4.39 Å². The molecule has 16 rings (SSSR count). The number of anilines is 3. The van der Waals surface area contributed by atoms with Gasteiger partial charge in [-0.3, -0.25) is 24.4 Å². The molecule has 0 aliphatic carbocycles. The zero-order chi connectivity index (χ0) is 66.3. The summed E-state index contributed by atoms with van der Waals surface area (Å²) in [5, 5.41) is 12.9. The van der Waals surface area contributed by atoms with E-state index in [1.54, 1.807) is 31.0 Å². The first kappa shape index (κ1) is 62.9. The third-order valence-corrected chi connectivity index (χ3v) is 22.0. The SMILES string of the molecule is Cc1noc(/C=C/C(=O)N2CC(CN(C)c3nc(OCC45CCCN4C(c4cc(Cl)c6c(-c7ncc8c(N(C)[C@@H]9CCN(C(=O)/C=C/c%10nc(C)no%10)C9)nc(OCC9%10CCCN9CCC%10)nc8c7F)cccc6c4)CC5)nc4c3CCN(c3cccc5cccc(Cl)c35)C4)C2)n1. The number of fused-ring (bicyclic) bond motifs is 6. The average molecular weight is 1350 g/mol. The van der Waals surface area contributed by atoms with Crippen molar-refractivity contribution >= 4 is 96.9 Å². The molecule has 4 aromatic carbocycles. The maximum Gasteiger partial charge on any atom is 0.319 e. The Hall–Kier alpha value is -8.90. The van der Waals surface area contributed by atoms with Crippen LogP contribution in [-0.2, 0) is 22.6 Å². The highest BCUT2D eigenvalue weighted by atomic mass is 35.5. The minimum atomic E-state index is -0.606. The van der Waals surface area contributed by atoms with Crippen LogP contribution < -0.4 is 24.2 Å². The van der Waals surface area contributed by atoms with E-state index in [1.807, 2.05) is 53.2 Å². The highest BCUT2D eigenvalue weighted by molar-refractivity contribution is 6.37. The first-order chi connectivity index (χ1) is 47.1. The topological polar surface area (TPSA) is 218 Å². The average Bonchev–Trinajstić information content (AvgIpc) is 1.69. The van der Waals surface area contributed by atoms with Crippen LogP contribution in [0.25, 0.3) is 55.9 Å². The van der Waals surface area contributed by atoms with Gasteiger partial charge >= 0.3 is 12.0 Å². The predicted molar refractivity (Wildman–Crippen MR) is 368 cm³/mol. The Morgan fingerprint density at radius 1 is 0.711 bits per heavy atom. The van der Waals surface area contributed by atoms with Gasteiger partial charge in [-0.2, -0.15) is 29.9 Å². The normalized spacial score (nSPS) is 21.0. The summed E-state index contributed by atoms with van der Waals surface area (Å²) in [6.45, 7) is 11.3. The number of carbonyl (C=O) groups excluding carboxylic acids is 2. The Morgan fingerprint density at radius 3 is 2.14 bits per heavy atom. The minimum absolute atomic E-state index is 0.0416. The third kappa shape index (κ3) is 11.8. The van der Waals surface area contributed by atoms with Crippen molar-refractivity contribution in [1.29, 1.82) is 0 Å². The number of benzene rings is 4. The lowest BCUT2D eigenvalue weighted by Crippen LogP contribution is -2.53. The molecule has 2 amide bonds. The first-order valence-corrected chi connectivity index (χ1v) is 34.6. The minimum Gasteiger partial charge on any atom is -0.461 e. The van der Waals surface area contributed by atoms with Gasteiger partial charge in [0.05, 0.1) is 33.7 Å². The summed E-state index contributed by atoms with van der Waals surface area (Å²) in [5.74, 6) is 2.19. The molecule has 2 unspecified atom stereocenters. The monoisotopic (exact) mass is 1350 g/mol. The van der Waals surface area contributed by atoms with Crippen LogP contribution in [0.2, 0.25) is 10.0 Å². The number of hydrogen-bond acceptors (Lipinski definition) is 20. The van der Waals surface area contributed by atoms with E-state index in [9.17, 15) is 9.59 Å². The fraction of sp³-hybridized carbons (Fsp3) is 0.431. The highest BCUT2D eigenvalue weighted by Gasteiger charge is 2.51. The summed E-state index contributed by atoms with van der Waals surface area (Å²) in [6.07, 6.45) is 17.0. The summed E-state index contributed by atoms with van der Waals surface area (Å²) in [5.41, 5.74) is 4.50. The molecule has 7 aliphatic rings. The van der Waals surface area contributed by atoms with Gasteiger partial charge in [0.15, 0.2) is 17.5 Å². The molecule has 25 heteroatoms. The Labute approximate surface area is 570 Å². The fourth-order valence-corrected chi connectivity index (χ4v) is 17.2. The van der Waals surface area contributed by atoms with Crippen LogP contribution in [0, 0.1) is 25.6 Å². The van der Waals surface area contributed by atoms with Gasteiger partial charge in [-0.15, -0.1) is 0 Å². The van der Waals surface area contributed by atoms with Crippen molar-refractivity contribution in [3.8, 4) is 23.3 Å². The maximum atomic E-state index is 17.9. The molecule has 0 bridgehead atoms. The number of likely N-dealkylation sites (tertiary alicyclic amines) is 2. The van der Waals surface area contributed by atoms with E-state index in [1.165, 1.54) is 18.2 Å². The molecule has 7 aliphatic heterocycles. The van der Waals surface area contributed by atoms with Crippen LogP contribution in [0.4, 0.5) is 21.7 Å². The number of amides is 2. The number of aromatic nitrogens is 9. The zero-order valence-electron chi connectivity index (χ0n) is 54.8. The lowest BCUT2D eigenvalue weighted by atomic mass is 9.94. The van der Waals surface area contributed by atoms with E-state index in [-0.39, 0.29) is 64.0 Å². The van der Waals surface area contributed by atoms with Crippen molar-refractivity contribution in [2.75, 3.05) is 101 Å². The van der Waals surface area contributed by atoms with Gasteiger partial charge < -0.3 is 43.0 Å². The fourth-order valence-electron chi connectivity index (χ4n) is 16.6. The Balaban J connectivity index is 0.659. The molecule has 0 spiro atoms. The number of hydrogen-bond donors (Lipinski definition) is 0. The Bertz CT molecular complexity index is 4620. The van der Waals surface area contributed by atoms with E-state index in [4.69, 9.17) is 66.6 Å². The van der Waals surface area contributed by atoms with Crippen LogP contribution in [0.1, 0.15) is 104 Å². The molecule has 5 aromatic heterocycles. The summed E-state index contributed by atoms with van der Waals surface area (Å²) >= 11 is 14.4. The van der Waals surface area contributed by atoms with Crippen LogP contribution in [0.15, 0.2) is 94.1 Å². The molecule has 0 N–H and O–H groups in total. The van der Waals surface area contributed by atoms with Crippen molar-refractivity contribution in [3.05, 3.63) is 141 Å². The Morgan fingerprint density at radius 2 is 1.39 bits per heavy atom. The van der Waals surface area contributed by atoms with Crippen molar-refractivity contribution in [2.24, 2.45) is 5.92 Å². The summed E-state index contributed by atoms with van der Waals surface area (Å²) in [4.78, 5) is 75.5. The molecule has 500 valence electrons. The number of likely N-dealkylation sites (N-methyl/N-ethyl adjacent to an activating group) is 1. The second-order valence-corrected chi connectivity index (χ2v) is 28.2. The molecular weight excluding hydrogens is 1270 g/mol. The van der Waals surface area contributed by atoms with Gasteiger partial charge in [-0.25, -0.2) is 4.39 Å². The molecule has 9 aromatic rings. The Kier molecular flexibility index (Phi) is 16.5. The second kappa shape index (κ2) is 25.5. The van der Waals surface area contributed by atoms with Gasteiger partial charge in [0, 0.05) is 134 Å². The highest BCUT2D eigenvalue weighted by Crippen LogP contribution is 2.51. The number of pyridine rings is 1. The number of halogens is 3. The van der Waals surface area contributed by atoms with Crippen molar-refractivity contribution in [2.45, 2.75) is 108 Å². The van der Waals surface area contributed by atoms with Crippen LogP contribution in [-0.4, -0.2) is 180 Å². The van der Waals surface area contributed by atoms with Crippen LogP contribution >= 0.6 is 23.2 Å². The van der Waals surface area contributed by atoms with Crippen LogP contribution in [0.3, 0.4) is 0 Å².